The Hall–Kier alpha value is -2.00. The lowest BCUT2D eigenvalue weighted by Gasteiger charge is -2.36. The second-order valence-corrected chi connectivity index (χ2v) is 9.11. The largest absolute Gasteiger partial charge is 0.458 e. The highest BCUT2D eigenvalue weighted by Crippen LogP contribution is 2.32. The van der Waals surface area contributed by atoms with Gasteiger partial charge in [0.05, 0.1) is 0 Å². The third kappa shape index (κ3) is 6.56. The number of likely N-dealkylation sites (tertiary alicyclic amines) is 1. The van der Waals surface area contributed by atoms with Crippen LogP contribution in [0.2, 0.25) is 0 Å². The summed E-state index contributed by atoms with van der Waals surface area (Å²) in [6, 6.07) is 18.1. The van der Waals surface area contributed by atoms with Crippen LogP contribution < -0.4 is 5.43 Å². The molecule has 0 radical (unpaired) electrons. The van der Waals surface area contributed by atoms with Crippen molar-refractivity contribution in [2.24, 2.45) is 0 Å². The molecule has 2 aromatic rings. The highest BCUT2D eigenvalue weighted by molar-refractivity contribution is 5.86. The maximum Gasteiger partial charge on any atom is 0.348 e. The molecule has 0 spiro atoms. The van der Waals surface area contributed by atoms with E-state index in [1.165, 1.54) is 0 Å². The van der Waals surface area contributed by atoms with Crippen molar-refractivity contribution in [3.63, 3.8) is 0 Å². The number of hydrogen-bond acceptors (Lipinski definition) is 7. The summed E-state index contributed by atoms with van der Waals surface area (Å²) in [7, 11) is 2.16. The Morgan fingerprint density at radius 3 is 2.18 bits per heavy atom. The standard InChI is InChI=1S/C26H36N4O3.ClH/c1-28-17-19-30(20-18-28)27-14-16-29-15-8-13-24(21-29)33-25(31)26(32,22-9-4-2-5-10-22)23-11-6-3-7-12-23;/h2-7,9-12,24,27,32H,8,13-21H2,1H3;1H. The number of likely N-dealkylation sites (N-methyl/N-ethyl adjacent to an activating group) is 1. The van der Waals surface area contributed by atoms with E-state index in [0.29, 0.717) is 17.7 Å². The molecule has 2 fully saturated rings. The van der Waals surface area contributed by atoms with Crippen molar-refractivity contribution in [1.29, 1.82) is 0 Å². The molecule has 2 saturated heterocycles. The maximum absolute atomic E-state index is 13.4. The molecule has 1 unspecified atom stereocenters. The molecule has 2 aliphatic heterocycles. The Labute approximate surface area is 209 Å². The Kier molecular flexibility index (Phi) is 9.88. The molecular weight excluding hydrogens is 452 g/mol. The van der Waals surface area contributed by atoms with Gasteiger partial charge in [0.1, 0.15) is 6.10 Å². The molecule has 8 heteroatoms. The number of piperidine rings is 1. The van der Waals surface area contributed by atoms with Gasteiger partial charge in [-0.1, -0.05) is 60.7 Å². The number of ether oxygens (including phenoxy) is 1. The lowest BCUT2D eigenvalue weighted by atomic mass is 9.86. The fraction of sp³-hybridized carbons (Fsp3) is 0.500. The summed E-state index contributed by atoms with van der Waals surface area (Å²) in [5, 5.41) is 13.9. The zero-order valence-electron chi connectivity index (χ0n) is 19.9. The number of hydrazine groups is 1. The summed E-state index contributed by atoms with van der Waals surface area (Å²) < 4.78 is 5.94. The van der Waals surface area contributed by atoms with E-state index in [2.05, 4.69) is 27.3 Å². The minimum Gasteiger partial charge on any atom is -0.458 e. The minimum absolute atomic E-state index is 0. The number of benzene rings is 2. The zero-order chi connectivity index (χ0) is 23.1. The molecule has 2 aromatic carbocycles. The number of esters is 1. The molecule has 7 nitrogen and oxygen atoms in total. The molecule has 2 aliphatic rings. The summed E-state index contributed by atoms with van der Waals surface area (Å²) in [5.41, 5.74) is 2.74. The minimum atomic E-state index is -1.83. The number of nitrogens with one attached hydrogen (secondary N) is 1. The molecule has 0 amide bonds. The van der Waals surface area contributed by atoms with Gasteiger partial charge in [0, 0.05) is 45.8 Å². The summed E-state index contributed by atoms with van der Waals surface area (Å²) in [4.78, 5) is 18.1. The fourth-order valence-corrected chi connectivity index (χ4v) is 4.64. The van der Waals surface area contributed by atoms with Gasteiger partial charge in [-0.05, 0) is 37.6 Å². The van der Waals surface area contributed by atoms with Crippen molar-refractivity contribution < 1.29 is 14.6 Å². The topological polar surface area (TPSA) is 68.3 Å². The first-order valence-corrected chi connectivity index (χ1v) is 12.0. The fourth-order valence-electron chi connectivity index (χ4n) is 4.64. The monoisotopic (exact) mass is 488 g/mol. The van der Waals surface area contributed by atoms with Crippen LogP contribution in [-0.2, 0) is 15.1 Å². The van der Waals surface area contributed by atoms with Crippen molar-refractivity contribution in [2.75, 3.05) is 59.4 Å². The molecule has 4 rings (SSSR count). The highest BCUT2D eigenvalue weighted by atomic mass is 35.5. The Morgan fingerprint density at radius 1 is 1.00 bits per heavy atom. The van der Waals surface area contributed by atoms with E-state index in [0.717, 1.165) is 58.7 Å². The third-order valence-electron chi connectivity index (χ3n) is 6.68. The second kappa shape index (κ2) is 12.6. The van der Waals surface area contributed by atoms with E-state index in [1.54, 1.807) is 24.3 Å². The van der Waals surface area contributed by atoms with Gasteiger partial charge in [0.15, 0.2) is 0 Å². The van der Waals surface area contributed by atoms with Gasteiger partial charge in [-0.3, -0.25) is 10.3 Å². The number of piperazine rings is 1. The molecule has 0 bridgehead atoms. The van der Waals surface area contributed by atoms with Crippen LogP contribution in [0.5, 0.6) is 0 Å². The normalized spacial score (nSPS) is 20.5. The van der Waals surface area contributed by atoms with Crippen molar-refractivity contribution in [3.05, 3.63) is 71.8 Å². The molecule has 1 atom stereocenters. The van der Waals surface area contributed by atoms with Crippen LogP contribution in [0.25, 0.3) is 0 Å². The van der Waals surface area contributed by atoms with E-state index < -0.39 is 11.6 Å². The Balaban J connectivity index is 0.00000324. The van der Waals surface area contributed by atoms with E-state index >= 15 is 0 Å². The first kappa shape index (κ1) is 26.6. The summed E-state index contributed by atoms with van der Waals surface area (Å²) >= 11 is 0. The van der Waals surface area contributed by atoms with Crippen molar-refractivity contribution in [1.82, 2.24) is 20.2 Å². The number of carbonyl (C=O) groups excluding carboxylic acids is 1. The first-order valence-electron chi connectivity index (χ1n) is 12.0. The van der Waals surface area contributed by atoms with Crippen LogP contribution >= 0.6 is 12.4 Å². The van der Waals surface area contributed by atoms with Gasteiger partial charge in [-0.15, -0.1) is 12.4 Å². The van der Waals surface area contributed by atoms with Crippen LogP contribution in [0.1, 0.15) is 24.0 Å². The van der Waals surface area contributed by atoms with E-state index in [4.69, 9.17) is 4.74 Å². The van der Waals surface area contributed by atoms with Crippen LogP contribution in [-0.4, -0.2) is 91.4 Å². The SMILES string of the molecule is CN1CCN(NCCN2CCCC(OC(=O)C(O)(c3ccccc3)c3ccccc3)C2)CC1.Cl. The lowest BCUT2D eigenvalue weighted by molar-refractivity contribution is -0.170. The first-order chi connectivity index (χ1) is 16.1. The van der Waals surface area contributed by atoms with Crippen LogP contribution in [0.3, 0.4) is 0 Å². The van der Waals surface area contributed by atoms with E-state index in [-0.39, 0.29) is 18.5 Å². The van der Waals surface area contributed by atoms with E-state index in [1.807, 2.05) is 36.4 Å². The molecule has 0 aliphatic carbocycles. The van der Waals surface area contributed by atoms with Crippen molar-refractivity contribution >= 4 is 18.4 Å². The number of nitrogens with zero attached hydrogens (tertiary/aromatic N) is 3. The quantitative estimate of drug-likeness (QED) is 0.551. The average molecular weight is 489 g/mol. The zero-order valence-corrected chi connectivity index (χ0v) is 20.8. The Bertz CT molecular complexity index is 839. The molecule has 2 heterocycles. The molecule has 34 heavy (non-hydrogen) atoms. The maximum atomic E-state index is 13.4. The van der Waals surface area contributed by atoms with Crippen LogP contribution in [0, 0.1) is 0 Å². The molecule has 0 saturated carbocycles. The smallest absolute Gasteiger partial charge is 0.348 e. The van der Waals surface area contributed by atoms with Gasteiger partial charge < -0.3 is 14.7 Å². The number of aliphatic hydroxyl groups is 1. The van der Waals surface area contributed by atoms with Gasteiger partial charge in [0.2, 0.25) is 5.60 Å². The predicted octanol–water partition coefficient (Wildman–Crippen LogP) is 2.10. The molecule has 2 N–H and O–H groups in total. The van der Waals surface area contributed by atoms with Gasteiger partial charge in [-0.2, -0.15) is 0 Å². The van der Waals surface area contributed by atoms with E-state index in [9.17, 15) is 9.90 Å². The van der Waals surface area contributed by atoms with Gasteiger partial charge >= 0.3 is 5.97 Å². The Morgan fingerprint density at radius 2 is 1.59 bits per heavy atom. The number of carbonyl (C=O) groups is 1. The van der Waals surface area contributed by atoms with Gasteiger partial charge in [-0.25, -0.2) is 9.80 Å². The number of halogens is 1. The molecule has 0 aromatic heterocycles. The second-order valence-electron chi connectivity index (χ2n) is 9.11. The predicted molar refractivity (Wildman–Crippen MR) is 136 cm³/mol. The highest BCUT2D eigenvalue weighted by Gasteiger charge is 2.43. The van der Waals surface area contributed by atoms with Crippen molar-refractivity contribution in [3.8, 4) is 0 Å². The summed E-state index contributed by atoms with van der Waals surface area (Å²) in [6.45, 7) is 7.71. The van der Waals surface area contributed by atoms with Crippen molar-refractivity contribution in [2.45, 2.75) is 24.5 Å². The lowest BCUT2D eigenvalue weighted by Crippen LogP contribution is -2.53. The molecule has 186 valence electrons. The summed E-state index contributed by atoms with van der Waals surface area (Å²) in [6.07, 6.45) is 1.56. The number of hydrogen-bond donors (Lipinski definition) is 2. The van der Waals surface area contributed by atoms with Crippen LogP contribution in [0.4, 0.5) is 0 Å². The third-order valence-corrected chi connectivity index (χ3v) is 6.68. The number of rotatable bonds is 8. The molecular formula is C26H37ClN4O3. The average Bonchev–Trinajstić information content (AvgIpc) is 2.86. The van der Waals surface area contributed by atoms with Crippen LogP contribution in [0.15, 0.2) is 60.7 Å². The van der Waals surface area contributed by atoms with Gasteiger partial charge in [0.25, 0.3) is 0 Å². The summed E-state index contributed by atoms with van der Waals surface area (Å²) in [5.74, 6) is -0.609.